The van der Waals surface area contributed by atoms with Crippen molar-refractivity contribution >= 4 is 21.4 Å². The van der Waals surface area contributed by atoms with Gasteiger partial charge in [-0.15, -0.1) is 0 Å². The Morgan fingerprint density at radius 1 is 1.20 bits per heavy atom. The molecule has 0 saturated heterocycles. The maximum Gasteiger partial charge on any atom is 0.238 e. The molecule has 1 aromatic carbocycles. The summed E-state index contributed by atoms with van der Waals surface area (Å²) in [7, 11) is -3.71. The van der Waals surface area contributed by atoms with E-state index in [1.807, 2.05) is 0 Å². The zero-order chi connectivity index (χ0) is 15.3. The van der Waals surface area contributed by atoms with Gasteiger partial charge >= 0.3 is 0 Å². The molecule has 1 saturated carbocycles. The van der Waals surface area contributed by atoms with Crippen molar-refractivity contribution < 1.29 is 8.42 Å². The summed E-state index contributed by atoms with van der Waals surface area (Å²) in [5.41, 5.74) is 7.56. The van der Waals surface area contributed by atoms with Crippen molar-refractivity contribution in [1.29, 1.82) is 0 Å². The van der Waals surface area contributed by atoms with Crippen molar-refractivity contribution in [2.24, 2.45) is 21.9 Å². The molecule has 0 radical (unpaired) electrons. The Balaban J connectivity index is 2.15. The molecule has 1 aromatic rings. The molecule has 0 aliphatic heterocycles. The van der Waals surface area contributed by atoms with Crippen LogP contribution in [-0.2, 0) is 10.0 Å². The Hall–Kier alpha value is -1.27. The summed E-state index contributed by atoms with van der Waals surface area (Å²) >= 11 is 0. The van der Waals surface area contributed by atoms with Crippen LogP contribution in [0.25, 0.3) is 0 Å². The first-order valence-electron chi connectivity index (χ1n) is 6.64. The van der Waals surface area contributed by atoms with Crippen molar-refractivity contribution in [2.75, 3.05) is 17.6 Å². The van der Waals surface area contributed by atoms with Crippen molar-refractivity contribution in [1.82, 2.24) is 0 Å². The van der Waals surface area contributed by atoms with Crippen LogP contribution in [0.2, 0.25) is 0 Å². The first-order chi connectivity index (χ1) is 8.98. The van der Waals surface area contributed by atoms with Crippen LogP contribution in [0, 0.1) is 16.7 Å². The maximum absolute atomic E-state index is 11.4. The Kier molecular flexibility index (Phi) is 3.30. The third-order valence-electron chi connectivity index (χ3n) is 5.17. The summed E-state index contributed by atoms with van der Waals surface area (Å²) in [5, 5.41) is 8.39. The molecule has 1 aliphatic rings. The highest BCUT2D eigenvalue weighted by Crippen LogP contribution is 2.68. The molecule has 0 unspecified atom stereocenters. The lowest BCUT2D eigenvalue weighted by atomic mass is 10.0. The molecule has 2 rings (SSSR count). The minimum Gasteiger partial charge on any atom is -0.397 e. The fourth-order valence-electron chi connectivity index (χ4n) is 2.92. The molecule has 0 amide bonds. The smallest absolute Gasteiger partial charge is 0.238 e. The normalized spacial score (nSPS) is 20.6. The van der Waals surface area contributed by atoms with E-state index in [2.05, 4.69) is 33.0 Å². The van der Waals surface area contributed by atoms with Gasteiger partial charge in [0.25, 0.3) is 0 Å². The lowest BCUT2D eigenvalue weighted by Crippen LogP contribution is -2.14. The van der Waals surface area contributed by atoms with E-state index in [0.29, 0.717) is 17.3 Å². The minimum absolute atomic E-state index is 0.0727. The van der Waals surface area contributed by atoms with E-state index in [9.17, 15) is 8.42 Å². The van der Waals surface area contributed by atoms with Gasteiger partial charge in [0, 0.05) is 6.54 Å². The average molecular weight is 297 g/mol. The molecular formula is C14H23N3O2S. The number of hydrogen-bond acceptors (Lipinski definition) is 4. The van der Waals surface area contributed by atoms with E-state index in [1.54, 1.807) is 6.07 Å². The molecule has 0 bridgehead atoms. The number of rotatable bonds is 4. The zero-order valence-corrected chi connectivity index (χ0v) is 13.2. The van der Waals surface area contributed by atoms with E-state index in [1.165, 1.54) is 12.1 Å². The number of nitrogen functional groups attached to an aromatic ring is 1. The van der Waals surface area contributed by atoms with E-state index in [-0.39, 0.29) is 15.7 Å². The number of nitrogens with two attached hydrogens (primary N) is 2. The monoisotopic (exact) mass is 297 g/mol. The van der Waals surface area contributed by atoms with Crippen molar-refractivity contribution in [3.63, 3.8) is 0 Å². The predicted molar refractivity (Wildman–Crippen MR) is 81.8 cm³/mol. The van der Waals surface area contributed by atoms with Crippen LogP contribution in [0.5, 0.6) is 0 Å². The molecule has 20 heavy (non-hydrogen) atoms. The topological polar surface area (TPSA) is 98.2 Å². The Bertz CT molecular complexity index is 622. The Labute approximate surface area is 120 Å². The molecule has 0 spiro atoms. The number of anilines is 2. The molecule has 0 heterocycles. The highest BCUT2D eigenvalue weighted by molar-refractivity contribution is 7.89. The van der Waals surface area contributed by atoms with Gasteiger partial charge in [0.2, 0.25) is 10.0 Å². The predicted octanol–water partition coefficient (Wildman–Crippen LogP) is 2.01. The summed E-state index contributed by atoms with van der Waals surface area (Å²) in [6.07, 6.45) is 0. The van der Waals surface area contributed by atoms with E-state index in [4.69, 9.17) is 10.9 Å². The standard InChI is InChI=1S/C14H23N3O2S/c1-13(2)12(14(13,3)4)8-17-11-7-9(20(16,18)19)5-6-10(11)15/h5-7,12,17H,8,15H2,1-4H3,(H2,16,18,19). The quantitative estimate of drug-likeness (QED) is 0.740. The number of nitrogens with one attached hydrogen (secondary N) is 1. The van der Waals surface area contributed by atoms with Gasteiger partial charge in [0.1, 0.15) is 0 Å². The van der Waals surface area contributed by atoms with E-state index >= 15 is 0 Å². The summed E-state index contributed by atoms with van der Waals surface area (Å²) in [4.78, 5) is 0.0727. The van der Waals surface area contributed by atoms with Gasteiger partial charge in [-0.2, -0.15) is 0 Å². The fraction of sp³-hybridized carbons (Fsp3) is 0.571. The van der Waals surface area contributed by atoms with Crippen LogP contribution in [0.1, 0.15) is 27.7 Å². The highest BCUT2D eigenvalue weighted by atomic mass is 32.2. The van der Waals surface area contributed by atoms with Gasteiger partial charge in [-0.1, -0.05) is 27.7 Å². The van der Waals surface area contributed by atoms with Gasteiger partial charge in [0.05, 0.1) is 16.3 Å². The first kappa shape index (κ1) is 15.1. The van der Waals surface area contributed by atoms with E-state index in [0.717, 1.165) is 6.54 Å². The number of sulfonamides is 1. The van der Waals surface area contributed by atoms with Gasteiger partial charge in [-0.3, -0.25) is 0 Å². The van der Waals surface area contributed by atoms with Gasteiger partial charge in [0.15, 0.2) is 0 Å². The second kappa shape index (κ2) is 4.36. The van der Waals surface area contributed by atoms with Crippen LogP contribution in [0.4, 0.5) is 11.4 Å². The molecule has 0 aromatic heterocycles. The third kappa shape index (κ3) is 2.38. The Morgan fingerprint density at radius 3 is 2.20 bits per heavy atom. The SMILES string of the molecule is CC1(C)C(CNc2cc(S(N)(=O)=O)ccc2N)C1(C)C. The third-order valence-corrected chi connectivity index (χ3v) is 6.08. The molecule has 112 valence electrons. The molecule has 1 aliphatic carbocycles. The summed E-state index contributed by atoms with van der Waals surface area (Å²) in [5.74, 6) is 0.521. The minimum atomic E-state index is -3.71. The van der Waals surface area contributed by atoms with Crippen LogP contribution in [0.15, 0.2) is 23.1 Å². The largest absolute Gasteiger partial charge is 0.397 e. The fourth-order valence-corrected chi connectivity index (χ4v) is 3.46. The highest BCUT2D eigenvalue weighted by Gasteiger charge is 2.64. The Morgan fingerprint density at radius 2 is 1.75 bits per heavy atom. The molecular weight excluding hydrogens is 274 g/mol. The first-order valence-corrected chi connectivity index (χ1v) is 8.19. The molecule has 1 fully saturated rings. The van der Waals surface area contributed by atoms with Crippen LogP contribution in [-0.4, -0.2) is 15.0 Å². The van der Waals surface area contributed by atoms with Gasteiger partial charge in [-0.25, -0.2) is 13.6 Å². The molecule has 0 atom stereocenters. The molecule has 5 N–H and O–H groups in total. The second-order valence-corrected chi connectivity index (χ2v) is 8.23. The number of hydrogen-bond donors (Lipinski definition) is 3. The lowest BCUT2D eigenvalue weighted by molar-refractivity contribution is 0.457. The molecule has 5 nitrogen and oxygen atoms in total. The zero-order valence-electron chi connectivity index (χ0n) is 12.4. The summed E-state index contributed by atoms with van der Waals surface area (Å²) in [6, 6.07) is 4.47. The van der Waals surface area contributed by atoms with Crippen LogP contribution in [0.3, 0.4) is 0 Å². The van der Waals surface area contributed by atoms with Crippen LogP contribution < -0.4 is 16.2 Å². The molecule has 6 heteroatoms. The van der Waals surface area contributed by atoms with Crippen LogP contribution >= 0.6 is 0 Å². The van der Waals surface area contributed by atoms with Crippen molar-refractivity contribution in [2.45, 2.75) is 32.6 Å². The number of benzene rings is 1. The lowest BCUT2D eigenvalue weighted by Gasteiger charge is -2.11. The van der Waals surface area contributed by atoms with Crippen molar-refractivity contribution in [3.05, 3.63) is 18.2 Å². The number of primary sulfonamides is 1. The van der Waals surface area contributed by atoms with Crippen molar-refractivity contribution in [3.8, 4) is 0 Å². The average Bonchev–Trinajstić information content (AvgIpc) is 2.67. The second-order valence-electron chi connectivity index (χ2n) is 6.67. The summed E-state index contributed by atoms with van der Waals surface area (Å²) in [6.45, 7) is 9.72. The summed E-state index contributed by atoms with van der Waals surface area (Å²) < 4.78 is 22.7. The van der Waals surface area contributed by atoms with Gasteiger partial charge in [-0.05, 0) is 34.9 Å². The van der Waals surface area contributed by atoms with E-state index < -0.39 is 10.0 Å². The maximum atomic E-state index is 11.4. The van der Waals surface area contributed by atoms with Gasteiger partial charge < -0.3 is 11.1 Å².